The van der Waals surface area contributed by atoms with E-state index in [1.807, 2.05) is 23.1 Å². The number of rotatable bonds is 6. The maximum atomic E-state index is 12.7. The third-order valence-corrected chi connectivity index (χ3v) is 7.77. The minimum absolute atomic E-state index is 0.317. The summed E-state index contributed by atoms with van der Waals surface area (Å²) in [5.74, 6) is 1.25. The third kappa shape index (κ3) is 6.03. The molecule has 4 rings (SSSR count). The molecule has 1 aliphatic heterocycles. The number of aromatic nitrogens is 2. The van der Waals surface area contributed by atoms with E-state index in [0.29, 0.717) is 48.7 Å². The molecule has 3 aromatic rings. The van der Waals surface area contributed by atoms with Crippen molar-refractivity contribution < 1.29 is 21.6 Å². The van der Waals surface area contributed by atoms with Crippen LogP contribution in [-0.4, -0.2) is 62.0 Å². The van der Waals surface area contributed by atoms with Crippen LogP contribution in [0.25, 0.3) is 11.3 Å². The number of nitrogens with one attached hydrogen (secondary N) is 2. The zero-order chi connectivity index (χ0) is 26.8. The maximum absolute atomic E-state index is 12.7. The predicted molar refractivity (Wildman–Crippen MR) is 137 cm³/mol. The number of nitrogens with zero attached hydrogens (tertiary/aromatic N) is 4. The highest BCUT2D eigenvalue weighted by atomic mass is 35.5. The normalized spacial score (nSPS) is 15.7. The van der Waals surface area contributed by atoms with E-state index in [9.17, 15) is 21.6 Å². The second kappa shape index (κ2) is 10.6. The summed E-state index contributed by atoms with van der Waals surface area (Å²) < 4.78 is 66.2. The Bertz CT molecular complexity index is 1400. The first-order chi connectivity index (χ1) is 17.5. The summed E-state index contributed by atoms with van der Waals surface area (Å²) in [6.07, 6.45) is -2.98. The Morgan fingerprint density at radius 2 is 1.86 bits per heavy atom. The van der Waals surface area contributed by atoms with Gasteiger partial charge in [-0.2, -0.15) is 13.2 Å². The molecular weight excluding hydrogens is 529 g/mol. The SMILES string of the molecule is C=Nc1[nH]c(-c2ccc(Cl)cc2)cc1/C(=N\C)N1CCC(NS(=O)(=O)c2ccc(C(F)(F)F)nc2)CC1. The minimum atomic E-state index is -4.64. The van der Waals surface area contributed by atoms with Gasteiger partial charge in [0.05, 0.1) is 5.56 Å². The van der Waals surface area contributed by atoms with Crippen LogP contribution in [0.3, 0.4) is 0 Å². The number of aromatic amines is 1. The molecule has 1 aromatic carbocycles. The molecule has 0 unspecified atom stereocenters. The zero-order valence-electron chi connectivity index (χ0n) is 19.8. The minimum Gasteiger partial charge on any atom is -0.356 e. The van der Waals surface area contributed by atoms with Gasteiger partial charge in [0.25, 0.3) is 0 Å². The Labute approximate surface area is 217 Å². The maximum Gasteiger partial charge on any atom is 0.433 e. The van der Waals surface area contributed by atoms with Crippen molar-refractivity contribution >= 4 is 40.0 Å². The monoisotopic (exact) mass is 552 g/mol. The first-order valence-electron chi connectivity index (χ1n) is 11.2. The lowest BCUT2D eigenvalue weighted by atomic mass is 10.0. The van der Waals surface area contributed by atoms with Gasteiger partial charge in [-0.15, -0.1) is 0 Å². The van der Waals surface area contributed by atoms with Crippen molar-refractivity contribution in [3.8, 4) is 11.3 Å². The summed E-state index contributed by atoms with van der Waals surface area (Å²) in [4.78, 5) is 16.8. The van der Waals surface area contributed by atoms with Crippen molar-refractivity contribution in [1.29, 1.82) is 0 Å². The lowest BCUT2D eigenvalue weighted by Gasteiger charge is -2.34. The molecule has 2 aromatic heterocycles. The molecule has 1 aliphatic rings. The average Bonchev–Trinajstić information content (AvgIpc) is 3.29. The van der Waals surface area contributed by atoms with E-state index >= 15 is 0 Å². The summed E-state index contributed by atoms with van der Waals surface area (Å²) in [6, 6.07) is 10.5. The number of sulfonamides is 1. The van der Waals surface area contributed by atoms with Crippen LogP contribution in [0.2, 0.25) is 5.02 Å². The molecule has 1 fully saturated rings. The molecule has 2 N–H and O–H groups in total. The van der Waals surface area contributed by atoms with Gasteiger partial charge in [-0.25, -0.2) is 18.1 Å². The smallest absolute Gasteiger partial charge is 0.356 e. The van der Waals surface area contributed by atoms with E-state index in [4.69, 9.17) is 11.6 Å². The Balaban J connectivity index is 1.44. The van der Waals surface area contributed by atoms with Crippen LogP contribution in [0.1, 0.15) is 24.1 Å². The Morgan fingerprint density at radius 1 is 1.19 bits per heavy atom. The van der Waals surface area contributed by atoms with E-state index < -0.39 is 27.9 Å². The molecular formula is C24H24ClF3N6O2S. The largest absolute Gasteiger partial charge is 0.433 e. The molecule has 0 aliphatic carbocycles. The fourth-order valence-corrected chi connectivity index (χ4v) is 5.53. The number of likely N-dealkylation sites (tertiary alicyclic amines) is 1. The van der Waals surface area contributed by atoms with E-state index in [1.54, 1.807) is 19.2 Å². The fourth-order valence-electron chi connectivity index (χ4n) is 4.16. The number of benzene rings is 1. The van der Waals surface area contributed by atoms with Crippen LogP contribution in [0.5, 0.6) is 0 Å². The molecule has 0 bridgehead atoms. The van der Waals surface area contributed by atoms with Crippen LogP contribution < -0.4 is 4.72 Å². The van der Waals surface area contributed by atoms with E-state index in [2.05, 4.69) is 31.4 Å². The highest BCUT2D eigenvalue weighted by Gasteiger charge is 2.33. The standard InChI is InChI=1S/C24H24ClF3N6O2S/c1-29-22-19(13-20(32-22)15-3-5-16(25)6-4-15)23(30-2)34-11-9-17(10-12-34)33-37(35,36)18-7-8-21(31-14-18)24(26,27)28/h3-8,13-14,17,32-33H,1,9-12H2,2H3/b30-23+. The number of pyridine rings is 1. The summed E-state index contributed by atoms with van der Waals surface area (Å²) in [5, 5.41) is 0.626. The van der Waals surface area contributed by atoms with E-state index in [-0.39, 0.29) is 4.90 Å². The molecule has 0 amide bonds. The quantitative estimate of drug-likeness (QED) is 0.335. The first kappa shape index (κ1) is 26.8. The number of amidine groups is 1. The third-order valence-electron chi connectivity index (χ3n) is 6.02. The topological polar surface area (TPSA) is 103 Å². The number of alkyl halides is 3. The molecule has 13 heteroatoms. The summed E-state index contributed by atoms with van der Waals surface area (Å²) >= 11 is 6.00. The number of hydrogen-bond acceptors (Lipinski definition) is 5. The molecule has 8 nitrogen and oxygen atoms in total. The average molecular weight is 553 g/mol. The van der Waals surface area contributed by atoms with Crippen molar-refractivity contribution in [3.05, 3.63) is 64.9 Å². The van der Waals surface area contributed by atoms with Crippen molar-refractivity contribution in [2.45, 2.75) is 30.0 Å². The number of piperidine rings is 1. The highest BCUT2D eigenvalue weighted by molar-refractivity contribution is 7.89. The van der Waals surface area contributed by atoms with Gasteiger partial charge in [0.1, 0.15) is 22.2 Å². The van der Waals surface area contributed by atoms with Crippen molar-refractivity contribution in [3.63, 3.8) is 0 Å². The second-order valence-corrected chi connectivity index (χ2v) is 10.6. The van der Waals surface area contributed by atoms with Gasteiger partial charge < -0.3 is 9.88 Å². The molecule has 0 radical (unpaired) electrons. The number of halogens is 4. The first-order valence-corrected chi connectivity index (χ1v) is 13.1. The molecule has 3 heterocycles. The molecule has 0 spiro atoms. The van der Waals surface area contributed by atoms with Gasteiger partial charge in [-0.3, -0.25) is 9.98 Å². The zero-order valence-corrected chi connectivity index (χ0v) is 21.3. The van der Waals surface area contributed by atoms with Gasteiger partial charge in [0, 0.05) is 43.1 Å². The predicted octanol–water partition coefficient (Wildman–Crippen LogP) is 4.90. The summed E-state index contributed by atoms with van der Waals surface area (Å²) in [7, 11) is -2.35. The Morgan fingerprint density at radius 3 is 2.41 bits per heavy atom. The van der Waals surface area contributed by atoms with Crippen LogP contribution in [0, 0.1) is 0 Å². The Hall–Kier alpha value is -3.22. The summed E-state index contributed by atoms with van der Waals surface area (Å²) in [5.41, 5.74) is 1.35. The van der Waals surface area contributed by atoms with Gasteiger partial charge in [-0.1, -0.05) is 23.7 Å². The lowest BCUT2D eigenvalue weighted by Crippen LogP contribution is -2.46. The second-order valence-electron chi connectivity index (χ2n) is 8.42. The number of H-pyrrole nitrogens is 1. The van der Waals surface area contributed by atoms with E-state index in [1.165, 1.54) is 0 Å². The van der Waals surface area contributed by atoms with Crippen LogP contribution in [0.4, 0.5) is 19.0 Å². The molecule has 1 saturated heterocycles. The lowest BCUT2D eigenvalue weighted by molar-refractivity contribution is -0.141. The van der Waals surface area contributed by atoms with Crippen molar-refractivity contribution in [2.75, 3.05) is 20.1 Å². The van der Waals surface area contributed by atoms with Crippen LogP contribution in [0.15, 0.2) is 63.5 Å². The molecule has 0 saturated carbocycles. The van der Waals surface area contributed by atoms with Crippen molar-refractivity contribution in [1.82, 2.24) is 19.6 Å². The van der Waals surface area contributed by atoms with Gasteiger partial charge >= 0.3 is 6.18 Å². The van der Waals surface area contributed by atoms with Gasteiger partial charge in [0.15, 0.2) is 0 Å². The molecule has 37 heavy (non-hydrogen) atoms. The highest BCUT2D eigenvalue weighted by Crippen LogP contribution is 2.30. The van der Waals surface area contributed by atoms with Crippen LogP contribution >= 0.6 is 11.6 Å². The molecule has 0 atom stereocenters. The van der Waals surface area contributed by atoms with Crippen molar-refractivity contribution in [2.24, 2.45) is 9.98 Å². The van der Waals surface area contributed by atoms with Gasteiger partial charge in [0.2, 0.25) is 10.0 Å². The van der Waals surface area contributed by atoms with Crippen LogP contribution in [-0.2, 0) is 16.2 Å². The number of hydrogen-bond donors (Lipinski definition) is 2. The number of aliphatic imine (C=N–C) groups is 2. The Kier molecular flexibility index (Phi) is 7.72. The molecule has 196 valence electrons. The van der Waals surface area contributed by atoms with E-state index in [0.717, 1.165) is 29.1 Å². The van der Waals surface area contributed by atoms with Gasteiger partial charge in [-0.05, 0) is 55.5 Å². The fraction of sp³-hybridized carbons (Fsp3) is 0.292. The summed E-state index contributed by atoms with van der Waals surface area (Å²) in [6.45, 7) is 4.66.